The molecule has 0 saturated heterocycles. The molecule has 0 aliphatic rings. The second-order valence-corrected chi connectivity index (χ2v) is 3.60. The molecule has 0 nitrogen and oxygen atoms in total. The maximum atomic E-state index is 4.07. The second-order valence-electron chi connectivity index (χ2n) is 3.60. The van der Waals surface area contributed by atoms with Crippen molar-refractivity contribution in [2.45, 2.75) is 26.7 Å². The van der Waals surface area contributed by atoms with E-state index in [9.17, 15) is 0 Å². The lowest BCUT2D eigenvalue weighted by Gasteiger charge is -2.12. The summed E-state index contributed by atoms with van der Waals surface area (Å²) in [6.45, 7) is 8.49. The predicted octanol–water partition coefficient (Wildman–Crippen LogP) is 3.83. The SMILES string of the molecule is C=C(CC)C(C)Cc1ccccc1. The van der Waals surface area contributed by atoms with Gasteiger partial charge in [-0.3, -0.25) is 0 Å². The normalized spacial score (nSPS) is 12.5. The van der Waals surface area contributed by atoms with Gasteiger partial charge in [0.25, 0.3) is 0 Å². The van der Waals surface area contributed by atoms with Gasteiger partial charge in [-0.05, 0) is 24.3 Å². The molecule has 0 aliphatic heterocycles. The first-order chi connectivity index (χ1) is 6.24. The fourth-order valence-electron chi connectivity index (χ4n) is 1.46. The standard InChI is InChI=1S/C13H18/c1-4-11(2)12(3)10-13-8-6-5-7-9-13/h5-9,12H,2,4,10H2,1,3H3. The van der Waals surface area contributed by atoms with Crippen LogP contribution in [0.5, 0.6) is 0 Å². The molecule has 0 N–H and O–H groups in total. The number of hydrogen-bond donors (Lipinski definition) is 0. The first-order valence-corrected chi connectivity index (χ1v) is 4.95. The van der Waals surface area contributed by atoms with Crippen molar-refractivity contribution in [2.75, 3.05) is 0 Å². The monoisotopic (exact) mass is 174 g/mol. The lowest BCUT2D eigenvalue weighted by molar-refractivity contribution is 0.656. The summed E-state index contributed by atoms with van der Waals surface area (Å²) in [5.41, 5.74) is 2.76. The Morgan fingerprint density at radius 2 is 1.92 bits per heavy atom. The number of hydrogen-bond acceptors (Lipinski definition) is 0. The average molecular weight is 174 g/mol. The van der Waals surface area contributed by atoms with Gasteiger partial charge in [-0.25, -0.2) is 0 Å². The van der Waals surface area contributed by atoms with Gasteiger partial charge in [0.1, 0.15) is 0 Å². The van der Waals surface area contributed by atoms with Gasteiger partial charge in [-0.1, -0.05) is 56.3 Å². The van der Waals surface area contributed by atoms with Gasteiger partial charge in [-0.15, -0.1) is 0 Å². The molecule has 70 valence electrons. The van der Waals surface area contributed by atoms with E-state index >= 15 is 0 Å². The fraction of sp³-hybridized carbons (Fsp3) is 0.385. The Labute approximate surface area is 81.3 Å². The fourth-order valence-corrected chi connectivity index (χ4v) is 1.46. The highest BCUT2D eigenvalue weighted by atomic mass is 14.1. The maximum Gasteiger partial charge on any atom is -0.0194 e. The minimum absolute atomic E-state index is 0.604. The molecule has 0 bridgehead atoms. The smallest absolute Gasteiger partial charge is 0.0194 e. The van der Waals surface area contributed by atoms with Gasteiger partial charge < -0.3 is 0 Å². The Bertz CT molecular complexity index is 259. The zero-order valence-electron chi connectivity index (χ0n) is 8.59. The first kappa shape index (κ1) is 10.0. The van der Waals surface area contributed by atoms with Crippen LogP contribution in [0, 0.1) is 5.92 Å². The van der Waals surface area contributed by atoms with Gasteiger partial charge in [0.05, 0.1) is 0 Å². The quantitative estimate of drug-likeness (QED) is 0.608. The second kappa shape index (κ2) is 4.86. The van der Waals surface area contributed by atoms with Crippen molar-refractivity contribution in [1.82, 2.24) is 0 Å². The van der Waals surface area contributed by atoms with Gasteiger partial charge in [0, 0.05) is 0 Å². The van der Waals surface area contributed by atoms with E-state index in [1.807, 2.05) is 0 Å². The van der Waals surface area contributed by atoms with Crippen molar-refractivity contribution in [2.24, 2.45) is 5.92 Å². The minimum Gasteiger partial charge on any atom is -0.0996 e. The molecule has 0 amide bonds. The molecule has 0 saturated carbocycles. The molecule has 0 spiro atoms. The molecule has 1 aromatic rings. The molecule has 1 unspecified atom stereocenters. The van der Waals surface area contributed by atoms with E-state index in [4.69, 9.17) is 0 Å². The zero-order chi connectivity index (χ0) is 9.68. The molecular weight excluding hydrogens is 156 g/mol. The summed E-state index contributed by atoms with van der Waals surface area (Å²) < 4.78 is 0. The van der Waals surface area contributed by atoms with Crippen LogP contribution in [0.3, 0.4) is 0 Å². The van der Waals surface area contributed by atoms with Crippen LogP contribution >= 0.6 is 0 Å². The Kier molecular flexibility index (Phi) is 3.75. The van der Waals surface area contributed by atoms with E-state index in [1.165, 1.54) is 11.1 Å². The van der Waals surface area contributed by atoms with Gasteiger partial charge in [-0.2, -0.15) is 0 Å². The van der Waals surface area contributed by atoms with Gasteiger partial charge in [0.15, 0.2) is 0 Å². The van der Waals surface area contributed by atoms with Gasteiger partial charge in [0.2, 0.25) is 0 Å². The molecule has 0 aliphatic carbocycles. The summed E-state index contributed by atoms with van der Waals surface area (Å²) >= 11 is 0. The highest BCUT2D eigenvalue weighted by molar-refractivity contribution is 5.17. The summed E-state index contributed by atoms with van der Waals surface area (Å²) in [7, 11) is 0. The Balaban J connectivity index is 2.55. The van der Waals surface area contributed by atoms with E-state index in [-0.39, 0.29) is 0 Å². The zero-order valence-corrected chi connectivity index (χ0v) is 8.59. The van der Waals surface area contributed by atoms with Crippen LogP contribution in [0.15, 0.2) is 42.5 Å². The van der Waals surface area contributed by atoms with Gasteiger partial charge >= 0.3 is 0 Å². The Hall–Kier alpha value is -1.04. The topological polar surface area (TPSA) is 0 Å². The van der Waals surface area contributed by atoms with Crippen LogP contribution in [0.4, 0.5) is 0 Å². The largest absolute Gasteiger partial charge is 0.0996 e. The lowest BCUT2D eigenvalue weighted by Crippen LogP contribution is -2.01. The van der Waals surface area contributed by atoms with Crippen molar-refractivity contribution >= 4 is 0 Å². The van der Waals surface area contributed by atoms with E-state index in [2.05, 4.69) is 50.8 Å². The van der Waals surface area contributed by atoms with Crippen molar-refractivity contribution in [1.29, 1.82) is 0 Å². The lowest BCUT2D eigenvalue weighted by atomic mass is 9.93. The minimum atomic E-state index is 0.604. The van der Waals surface area contributed by atoms with Crippen molar-refractivity contribution in [3.63, 3.8) is 0 Å². The number of benzene rings is 1. The molecule has 0 radical (unpaired) electrons. The summed E-state index contributed by atoms with van der Waals surface area (Å²) in [6.07, 6.45) is 2.21. The predicted molar refractivity (Wildman–Crippen MR) is 58.7 cm³/mol. The number of allylic oxidation sites excluding steroid dienone is 1. The molecule has 1 rings (SSSR count). The molecule has 1 atom stereocenters. The molecular formula is C13H18. The summed E-state index contributed by atoms with van der Waals surface area (Å²) in [6, 6.07) is 10.6. The first-order valence-electron chi connectivity index (χ1n) is 4.95. The third kappa shape index (κ3) is 3.06. The number of rotatable bonds is 4. The summed E-state index contributed by atoms with van der Waals surface area (Å²) in [5, 5.41) is 0. The van der Waals surface area contributed by atoms with Crippen LogP contribution in [0.25, 0.3) is 0 Å². The van der Waals surface area contributed by atoms with E-state index in [1.54, 1.807) is 0 Å². The highest BCUT2D eigenvalue weighted by Crippen LogP contribution is 2.17. The summed E-state index contributed by atoms with van der Waals surface area (Å²) in [4.78, 5) is 0. The average Bonchev–Trinajstić information content (AvgIpc) is 2.18. The summed E-state index contributed by atoms with van der Waals surface area (Å²) in [5.74, 6) is 0.604. The van der Waals surface area contributed by atoms with Crippen molar-refractivity contribution in [3.8, 4) is 0 Å². The third-order valence-electron chi connectivity index (χ3n) is 2.54. The van der Waals surface area contributed by atoms with E-state index in [0.29, 0.717) is 5.92 Å². The van der Waals surface area contributed by atoms with Crippen molar-refractivity contribution < 1.29 is 0 Å². The molecule has 0 aromatic heterocycles. The third-order valence-corrected chi connectivity index (χ3v) is 2.54. The van der Waals surface area contributed by atoms with Crippen molar-refractivity contribution in [3.05, 3.63) is 48.0 Å². The Morgan fingerprint density at radius 3 is 2.46 bits per heavy atom. The molecule has 0 heterocycles. The maximum absolute atomic E-state index is 4.07. The van der Waals surface area contributed by atoms with Crippen LogP contribution in [-0.2, 0) is 6.42 Å². The van der Waals surface area contributed by atoms with E-state index < -0.39 is 0 Å². The van der Waals surface area contributed by atoms with Crippen LogP contribution in [-0.4, -0.2) is 0 Å². The van der Waals surface area contributed by atoms with E-state index in [0.717, 1.165) is 12.8 Å². The van der Waals surface area contributed by atoms with Crippen LogP contribution in [0.1, 0.15) is 25.8 Å². The highest BCUT2D eigenvalue weighted by Gasteiger charge is 2.05. The molecule has 0 fully saturated rings. The molecule has 0 heteroatoms. The molecule has 1 aromatic carbocycles. The van der Waals surface area contributed by atoms with Crippen LogP contribution < -0.4 is 0 Å². The van der Waals surface area contributed by atoms with Crippen LogP contribution in [0.2, 0.25) is 0 Å². The Morgan fingerprint density at radius 1 is 1.31 bits per heavy atom. The molecule has 13 heavy (non-hydrogen) atoms.